The lowest BCUT2D eigenvalue weighted by Gasteiger charge is -2.11. The van der Waals surface area contributed by atoms with Crippen LogP contribution in [0.4, 0.5) is 0 Å². The monoisotopic (exact) mass is 230 g/mol. The Balaban J connectivity index is 2.27. The predicted octanol–water partition coefficient (Wildman–Crippen LogP) is 2.72. The molecule has 0 aromatic heterocycles. The van der Waals surface area contributed by atoms with Crippen LogP contribution in [0.5, 0.6) is 17.2 Å². The highest BCUT2D eigenvalue weighted by atomic mass is 16.5. The van der Waals surface area contributed by atoms with Gasteiger partial charge in [0.1, 0.15) is 5.75 Å². The number of benzene rings is 2. The molecule has 0 radical (unpaired) electrons. The van der Waals surface area contributed by atoms with Crippen molar-refractivity contribution in [3.8, 4) is 17.2 Å². The number of phenolic OH excluding ortho intramolecular Hbond substituents is 1. The SMILES string of the molecule is OCCc1ccccc1Oc1ccccc1O. The van der Waals surface area contributed by atoms with E-state index in [1.165, 1.54) is 0 Å². The molecule has 2 aromatic rings. The highest BCUT2D eigenvalue weighted by Crippen LogP contribution is 2.31. The van der Waals surface area contributed by atoms with Crippen molar-refractivity contribution in [2.45, 2.75) is 6.42 Å². The summed E-state index contributed by atoms with van der Waals surface area (Å²) in [6.07, 6.45) is 0.532. The van der Waals surface area contributed by atoms with E-state index >= 15 is 0 Å². The van der Waals surface area contributed by atoms with Crippen LogP contribution in [0.1, 0.15) is 5.56 Å². The largest absolute Gasteiger partial charge is 0.504 e. The smallest absolute Gasteiger partial charge is 0.169 e. The second-order valence-electron chi connectivity index (χ2n) is 3.65. The molecule has 0 unspecified atom stereocenters. The molecule has 0 saturated heterocycles. The van der Waals surface area contributed by atoms with Crippen LogP contribution in [0.15, 0.2) is 48.5 Å². The molecule has 2 N–H and O–H groups in total. The molecule has 0 heterocycles. The van der Waals surface area contributed by atoms with Crippen molar-refractivity contribution >= 4 is 0 Å². The molecule has 2 aromatic carbocycles. The number of rotatable bonds is 4. The Morgan fingerprint density at radius 1 is 0.882 bits per heavy atom. The average molecular weight is 230 g/mol. The number of para-hydroxylation sites is 3. The summed E-state index contributed by atoms with van der Waals surface area (Å²) in [5.74, 6) is 1.17. The molecular formula is C14H14O3. The molecule has 0 spiro atoms. The van der Waals surface area contributed by atoms with E-state index in [1.807, 2.05) is 24.3 Å². The molecule has 17 heavy (non-hydrogen) atoms. The van der Waals surface area contributed by atoms with Crippen LogP contribution >= 0.6 is 0 Å². The van der Waals surface area contributed by atoms with E-state index in [9.17, 15) is 5.11 Å². The van der Waals surface area contributed by atoms with Crippen molar-refractivity contribution in [3.05, 3.63) is 54.1 Å². The van der Waals surface area contributed by atoms with Gasteiger partial charge in [0.2, 0.25) is 0 Å². The number of phenols is 1. The molecule has 0 bridgehead atoms. The number of ether oxygens (including phenoxy) is 1. The van der Waals surface area contributed by atoms with Gasteiger partial charge in [-0.3, -0.25) is 0 Å². The first-order valence-electron chi connectivity index (χ1n) is 5.46. The van der Waals surface area contributed by atoms with Gasteiger partial charge in [-0.1, -0.05) is 30.3 Å². The van der Waals surface area contributed by atoms with Crippen LogP contribution in [0, 0.1) is 0 Å². The van der Waals surface area contributed by atoms with Gasteiger partial charge in [0.05, 0.1) is 0 Å². The minimum Gasteiger partial charge on any atom is -0.504 e. The third-order valence-electron chi connectivity index (χ3n) is 2.44. The van der Waals surface area contributed by atoms with Crippen molar-refractivity contribution in [1.29, 1.82) is 0 Å². The lowest BCUT2D eigenvalue weighted by molar-refractivity contribution is 0.297. The van der Waals surface area contributed by atoms with E-state index < -0.39 is 0 Å². The quantitative estimate of drug-likeness (QED) is 0.849. The highest BCUT2D eigenvalue weighted by molar-refractivity contribution is 5.44. The van der Waals surface area contributed by atoms with Crippen molar-refractivity contribution in [3.63, 3.8) is 0 Å². The van der Waals surface area contributed by atoms with Gasteiger partial charge < -0.3 is 14.9 Å². The first-order valence-corrected chi connectivity index (χ1v) is 5.46. The highest BCUT2D eigenvalue weighted by Gasteiger charge is 2.06. The van der Waals surface area contributed by atoms with Gasteiger partial charge in [-0.05, 0) is 30.2 Å². The second-order valence-corrected chi connectivity index (χ2v) is 3.65. The summed E-state index contributed by atoms with van der Waals surface area (Å²) in [6.45, 7) is 0.0706. The maximum atomic E-state index is 9.62. The van der Waals surface area contributed by atoms with Gasteiger partial charge in [-0.2, -0.15) is 0 Å². The molecule has 0 aliphatic carbocycles. The maximum absolute atomic E-state index is 9.62. The maximum Gasteiger partial charge on any atom is 0.169 e. The van der Waals surface area contributed by atoms with E-state index in [2.05, 4.69) is 0 Å². The predicted molar refractivity (Wildman–Crippen MR) is 65.4 cm³/mol. The Labute approximate surface area is 99.9 Å². The number of aliphatic hydroxyl groups is 1. The first kappa shape index (κ1) is 11.5. The minimum absolute atomic E-state index is 0.0706. The number of hydrogen-bond donors (Lipinski definition) is 2. The Morgan fingerprint density at radius 2 is 1.53 bits per heavy atom. The van der Waals surface area contributed by atoms with Crippen LogP contribution in [-0.2, 0) is 6.42 Å². The zero-order valence-electron chi connectivity index (χ0n) is 9.34. The number of aromatic hydroxyl groups is 1. The van der Waals surface area contributed by atoms with Gasteiger partial charge >= 0.3 is 0 Å². The zero-order valence-corrected chi connectivity index (χ0v) is 9.34. The van der Waals surface area contributed by atoms with Gasteiger partial charge in [0.25, 0.3) is 0 Å². The van der Waals surface area contributed by atoms with E-state index in [0.717, 1.165) is 5.56 Å². The fraction of sp³-hybridized carbons (Fsp3) is 0.143. The van der Waals surface area contributed by atoms with Crippen LogP contribution in [-0.4, -0.2) is 16.8 Å². The summed E-state index contributed by atoms with van der Waals surface area (Å²) in [5, 5.41) is 18.6. The summed E-state index contributed by atoms with van der Waals surface area (Å²) in [7, 11) is 0. The van der Waals surface area contributed by atoms with E-state index in [1.54, 1.807) is 24.3 Å². The Bertz CT molecular complexity index is 494. The van der Waals surface area contributed by atoms with Crippen molar-refractivity contribution in [2.24, 2.45) is 0 Å². The number of hydrogen-bond acceptors (Lipinski definition) is 3. The normalized spacial score (nSPS) is 10.2. The van der Waals surface area contributed by atoms with Gasteiger partial charge in [-0.25, -0.2) is 0 Å². The van der Waals surface area contributed by atoms with Crippen LogP contribution in [0.25, 0.3) is 0 Å². The van der Waals surface area contributed by atoms with Gasteiger partial charge in [0, 0.05) is 6.61 Å². The molecule has 0 aliphatic heterocycles. The lowest BCUT2D eigenvalue weighted by Crippen LogP contribution is -1.95. The van der Waals surface area contributed by atoms with Crippen molar-refractivity contribution < 1.29 is 14.9 Å². The molecule has 3 nitrogen and oxygen atoms in total. The molecule has 0 fully saturated rings. The molecule has 2 rings (SSSR count). The van der Waals surface area contributed by atoms with Crippen LogP contribution in [0.3, 0.4) is 0 Å². The molecule has 0 atom stereocenters. The van der Waals surface area contributed by atoms with Gasteiger partial charge in [0.15, 0.2) is 11.5 Å². The van der Waals surface area contributed by atoms with Crippen LogP contribution < -0.4 is 4.74 Å². The topological polar surface area (TPSA) is 49.7 Å². The Morgan fingerprint density at radius 3 is 2.24 bits per heavy atom. The molecule has 0 aliphatic rings. The van der Waals surface area contributed by atoms with E-state index in [-0.39, 0.29) is 12.4 Å². The average Bonchev–Trinajstić information content (AvgIpc) is 2.35. The lowest BCUT2D eigenvalue weighted by atomic mass is 10.1. The summed E-state index contributed by atoms with van der Waals surface area (Å²) in [4.78, 5) is 0. The summed E-state index contributed by atoms with van der Waals surface area (Å²) < 4.78 is 5.63. The fourth-order valence-electron chi connectivity index (χ4n) is 1.59. The molecule has 3 heteroatoms. The third-order valence-corrected chi connectivity index (χ3v) is 2.44. The van der Waals surface area contributed by atoms with Crippen LogP contribution in [0.2, 0.25) is 0 Å². The minimum atomic E-state index is 0.0706. The Kier molecular flexibility index (Phi) is 3.62. The first-order chi connectivity index (χ1) is 8.31. The Hall–Kier alpha value is -2.00. The molecular weight excluding hydrogens is 216 g/mol. The summed E-state index contributed by atoms with van der Waals surface area (Å²) in [6, 6.07) is 14.3. The van der Waals surface area contributed by atoms with E-state index in [4.69, 9.17) is 9.84 Å². The molecule has 0 amide bonds. The standard InChI is InChI=1S/C14H14O3/c15-10-9-11-5-1-3-7-13(11)17-14-8-4-2-6-12(14)16/h1-8,15-16H,9-10H2. The number of aliphatic hydroxyl groups excluding tert-OH is 1. The zero-order chi connectivity index (χ0) is 12.1. The van der Waals surface area contributed by atoms with Gasteiger partial charge in [-0.15, -0.1) is 0 Å². The fourth-order valence-corrected chi connectivity index (χ4v) is 1.59. The molecule has 88 valence electrons. The molecule has 0 saturated carbocycles. The second kappa shape index (κ2) is 5.37. The summed E-state index contributed by atoms with van der Waals surface area (Å²) in [5.41, 5.74) is 0.915. The van der Waals surface area contributed by atoms with E-state index in [0.29, 0.717) is 17.9 Å². The van der Waals surface area contributed by atoms with Crippen molar-refractivity contribution in [2.75, 3.05) is 6.61 Å². The van der Waals surface area contributed by atoms with Crippen molar-refractivity contribution in [1.82, 2.24) is 0 Å². The third kappa shape index (κ3) is 2.77. The summed E-state index contributed by atoms with van der Waals surface area (Å²) >= 11 is 0.